The number of alkyl halides is 1. The van der Waals surface area contributed by atoms with Crippen molar-refractivity contribution in [3.05, 3.63) is 45.1 Å². The zero-order valence-corrected chi connectivity index (χ0v) is 29.3. The number of esters is 2. The molecule has 1 aromatic carbocycles. The van der Waals surface area contributed by atoms with E-state index in [0.717, 1.165) is 19.3 Å². The molecule has 4 aliphatic rings. The largest absolute Gasteiger partial charge is 0.468 e. The van der Waals surface area contributed by atoms with Crippen LogP contribution in [0.25, 0.3) is 0 Å². The van der Waals surface area contributed by atoms with Crippen LogP contribution < -0.4 is 0 Å². The molecule has 1 aliphatic carbocycles. The van der Waals surface area contributed by atoms with Crippen molar-refractivity contribution >= 4 is 64.5 Å². The highest BCUT2D eigenvalue weighted by Crippen LogP contribution is 2.46. The molecule has 3 aliphatic heterocycles. The Bertz CT molecular complexity index is 1430. The summed E-state index contributed by atoms with van der Waals surface area (Å²) >= 11 is 19.1. The minimum atomic E-state index is -1.00. The number of halogens is 3. The molecule has 0 spiro atoms. The number of hydrogen-bond acceptors (Lipinski definition) is 9. The Balaban J connectivity index is 1.34. The third kappa shape index (κ3) is 7.43. The van der Waals surface area contributed by atoms with Gasteiger partial charge in [0.1, 0.15) is 5.92 Å². The van der Waals surface area contributed by atoms with Gasteiger partial charge in [-0.25, -0.2) is 9.59 Å². The molecule has 11 nitrogen and oxygen atoms in total. The minimum Gasteiger partial charge on any atom is -0.468 e. The molecule has 2 bridgehead atoms. The van der Waals surface area contributed by atoms with E-state index in [1.807, 2.05) is 0 Å². The van der Waals surface area contributed by atoms with E-state index in [1.165, 1.54) is 14.2 Å². The summed E-state index contributed by atoms with van der Waals surface area (Å²) in [6.45, 7) is 6.97. The van der Waals surface area contributed by atoms with Crippen molar-refractivity contribution in [3.63, 3.8) is 0 Å². The van der Waals surface area contributed by atoms with Crippen molar-refractivity contribution in [2.75, 3.05) is 53.5 Å². The Morgan fingerprint density at radius 3 is 2.13 bits per heavy atom. The van der Waals surface area contributed by atoms with Gasteiger partial charge in [0.25, 0.3) is 0 Å². The number of aliphatic imine (C=N–C) groups is 1. The molecule has 0 aromatic heterocycles. The number of nitrogens with zero attached hydrogens (tertiary/aromatic N) is 4. The standard InChI is InChI=1S/C33H41Cl3N4O7/c1-18-26(31(42)45-3)29(27-22(35)9-6-10-23(27)36)28(32(43)46-4)24(37-18)15-25(41)38-11-13-39(14-12-38)30-20-7-5-8-21(30)17-40(16-20)33(44)47-19(2)34/h6,9-10,19-21,26,29-30H,5,7-8,11-17H2,1-4H3. The maximum absolute atomic E-state index is 13.8. The Morgan fingerprint density at radius 1 is 0.957 bits per heavy atom. The van der Waals surface area contributed by atoms with E-state index < -0.39 is 29.3 Å². The summed E-state index contributed by atoms with van der Waals surface area (Å²) in [6, 6.07) is 5.25. The monoisotopic (exact) mass is 710 g/mol. The van der Waals surface area contributed by atoms with Gasteiger partial charge < -0.3 is 24.0 Å². The number of piperazine rings is 1. The second-order valence-electron chi connectivity index (χ2n) is 12.6. The summed E-state index contributed by atoms with van der Waals surface area (Å²) in [5, 5.41) is 0.519. The number of rotatable bonds is 7. The van der Waals surface area contributed by atoms with E-state index in [9.17, 15) is 19.2 Å². The molecule has 0 radical (unpaired) electrons. The first-order valence-corrected chi connectivity index (χ1v) is 17.1. The fourth-order valence-electron chi connectivity index (χ4n) is 7.86. The van der Waals surface area contributed by atoms with Gasteiger partial charge >= 0.3 is 18.0 Å². The maximum atomic E-state index is 13.8. The van der Waals surface area contributed by atoms with Crippen molar-refractivity contribution < 1.29 is 33.4 Å². The number of likely N-dealkylation sites (tertiary alicyclic amines) is 1. The third-order valence-electron chi connectivity index (χ3n) is 9.84. The van der Waals surface area contributed by atoms with E-state index >= 15 is 0 Å². The Hall–Kier alpha value is -2.86. The zero-order valence-electron chi connectivity index (χ0n) is 27.0. The van der Waals surface area contributed by atoms with Crippen LogP contribution in [0.15, 0.2) is 34.5 Å². The highest BCUT2D eigenvalue weighted by molar-refractivity contribution is 6.36. The van der Waals surface area contributed by atoms with E-state index in [-0.39, 0.29) is 39.7 Å². The summed E-state index contributed by atoms with van der Waals surface area (Å²) in [7, 11) is 2.49. The molecular weight excluding hydrogens is 671 g/mol. The number of ether oxygens (including phenoxy) is 3. The van der Waals surface area contributed by atoms with Gasteiger partial charge in [-0.2, -0.15) is 0 Å². The summed E-state index contributed by atoms with van der Waals surface area (Å²) in [6.07, 6.45) is 2.67. The van der Waals surface area contributed by atoms with Crippen LogP contribution in [0.4, 0.5) is 4.79 Å². The first kappa shape index (κ1) is 35.4. The Morgan fingerprint density at radius 2 is 1.57 bits per heavy atom. The molecule has 47 heavy (non-hydrogen) atoms. The molecule has 14 heteroatoms. The molecule has 5 rings (SSSR count). The van der Waals surface area contributed by atoms with Gasteiger partial charge in [0.15, 0.2) is 5.56 Å². The molecule has 256 valence electrons. The zero-order chi connectivity index (χ0) is 34.0. The van der Waals surface area contributed by atoms with E-state index in [2.05, 4.69) is 9.89 Å². The molecule has 5 atom stereocenters. The van der Waals surface area contributed by atoms with Crippen LogP contribution in [-0.2, 0) is 28.6 Å². The normalized spacial score (nSPS) is 27.1. The molecular formula is C33H41Cl3N4O7. The quantitative estimate of drug-likeness (QED) is 0.217. The van der Waals surface area contributed by atoms with Crippen LogP contribution in [-0.4, -0.2) is 109 Å². The number of methoxy groups -OCH3 is 2. The lowest BCUT2D eigenvalue weighted by atomic mass is 9.72. The second-order valence-corrected chi connectivity index (χ2v) is 14.0. The highest BCUT2D eigenvalue weighted by atomic mass is 35.5. The summed E-state index contributed by atoms with van der Waals surface area (Å²) < 4.78 is 15.5. The summed E-state index contributed by atoms with van der Waals surface area (Å²) in [4.78, 5) is 63.5. The van der Waals surface area contributed by atoms with Crippen molar-refractivity contribution in [1.29, 1.82) is 0 Å². The van der Waals surface area contributed by atoms with Gasteiger partial charge in [0.05, 0.1) is 31.9 Å². The molecule has 2 amide bonds. The second kappa shape index (κ2) is 15.1. The number of hydrogen-bond donors (Lipinski definition) is 0. The van der Waals surface area contributed by atoms with Crippen molar-refractivity contribution in [2.24, 2.45) is 22.7 Å². The predicted molar refractivity (Wildman–Crippen MR) is 178 cm³/mol. The average Bonchev–Trinajstić information content (AvgIpc) is 3.03. The van der Waals surface area contributed by atoms with Crippen LogP contribution in [0.3, 0.4) is 0 Å². The number of carbonyl (C=O) groups excluding carboxylic acids is 4. The van der Waals surface area contributed by atoms with Crippen LogP contribution in [0, 0.1) is 17.8 Å². The van der Waals surface area contributed by atoms with Crippen molar-refractivity contribution in [2.45, 2.75) is 57.1 Å². The smallest absolute Gasteiger partial charge is 0.411 e. The number of fused-ring (bicyclic) bond motifs is 2. The molecule has 2 saturated heterocycles. The van der Waals surface area contributed by atoms with E-state index in [1.54, 1.807) is 41.8 Å². The topological polar surface area (TPSA) is 118 Å². The molecule has 0 N–H and O–H groups in total. The summed E-state index contributed by atoms with van der Waals surface area (Å²) in [5.41, 5.74) is 0.324. The maximum Gasteiger partial charge on any atom is 0.411 e. The molecule has 5 unspecified atom stereocenters. The van der Waals surface area contributed by atoms with E-state index in [4.69, 9.17) is 49.0 Å². The first-order chi connectivity index (χ1) is 22.4. The van der Waals surface area contributed by atoms with Gasteiger partial charge in [-0.1, -0.05) is 47.3 Å². The average molecular weight is 712 g/mol. The lowest BCUT2D eigenvalue weighted by molar-refractivity contribution is -0.143. The fraction of sp³-hybridized carbons (Fsp3) is 0.606. The molecule has 1 aromatic rings. The van der Waals surface area contributed by atoms with Crippen molar-refractivity contribution in [3.8, 4) is 0 Å². The van der Waals surface area contributed by atoms with Crippen molar-refractivity contribution in [1.82, 2.24) is 14.7 Å². The number of piperidine rings is 1. The number of benzene rings is 1. The minimum absolute atomic E-state index is 0.0529. The van der Waals surface area contributed by atoms with Gasteiger partial charge in [0, 0.05) is 67.0 Å². The lowest BCUT2D eigenvalue weighted by Gasteiger charge is -2.52. The van der Waals surface area contributed by atoms with E-state index in [0.29, 0.717) is 68.4 Å². The Kier molecular flexibility index (Phi) is 11.4. The number of amides is 2. The first-order valence-electron chi connectivity index (χ1n) is 15.9. The molecule has 3 heterocycles. The van der Waals surface area contributed by atoms with Crippen LogP contribution in [0.5, 0.6) is 0 Å². The predicted octanol–water partition coefficient (Wildman–Crippen LogP) is 5.12. The third-order valence-corrected chi connectivity index (χ3v) is 10.6. The summed E-state index contributed by atoms with van der Waals surface area (Å²) in [5.74, 6) is -2.85. The van der Waals surface area contributed by atoms with Gasteiger partial charge in [0.2, 0.25) is 5.91 Å². The lowest BCUT2D eigenvalue weighted by Crippen LogP contribution is -2.62. The number of carbonyl (C=O) groups is 4. The van der Waals surface area contributed by atoms with Crippen LogP contribution in [0.2, 0.25) is 10.0 Å². The molecule has 3 fully saturated rings. The Labute approximate surface area is 290 Å². The van der Waals surface area contributed by atoms with Crippen LogP contribution >= 0.6 is 34.8 Å². The van der Waals surface area contributed by atoms with Gasteiger partial charge in [-0.3, -0.25) is 19.5 Å². The van der Waals surface area contributed by atoms with Gasteiger partial charge in [-0.15, -0.1) is 0 Å². The van der Waals surface area contributed by atoms with Gasteiger partial charge in [-0.05, 0) is 56.2 Å². The SMILES string of the molecule is COC(=O)C1=C(CC(=O)N2CCN(C3C4CCCC3CN(C(=O)OC(C)Cl)C4)CC2)N=C(C)C(C(=O)OC)C1c1c(Cl)cccc1Cl. The highest BCUT2D eigenvalue weighted by Gasteiger charge is 2.47. The molecule has 1 saturated carbocycles. The fourth-order valence-corrected chi connectivity index (χ4v) is 8.57. The van der Waals surface area contributed by atoms with Crippen LogP contribution in [0.1, 0.15) is 51.0 Å².